The summed E-state index contributed by atoms with van der Waals surface area (Å²) in [5, 5.41) is 3.28. The molecule has 4 heteroatoms. The summed E-state index contributed by atoms with van der Waals surface area (Å²) in [6.07, 6.45) is 0. The smallest absolute Gasteiger partial charge is 0.145 e. The molecule has 2 aromatic carbocycles. The summed E-state index contributed by atoms with van der Waals surface area (Å²) in [6, 6.07) is 10.7. The van der Waals surface area contributed by atoms with E-state index in [1.54, 1.807) is 6.07 Å². The number of halogens is 2. The molecule has 2 aromatic rings. The highest BCUT2D eigenvalue weighted by molar-refractivity contribution is 9.10. The largest absolute Gasteiger partial charge is 0.492 e. The van der Waals surface area contributed by atoms with Gasteiger partial charge in [-0.2, -0.15) is 0 Å². The molecule has 0 heterocycles. The van der Waals surface area contributed by atoms with Crippen LogP contribution in [0.15, 0.2) is 40.9 Å². The van der Waals surface area contributed by atoms with Crippen LogP contribution in [0.1, 0.15) is 18.1 Å². The zero-order valence-electron chi connectivity index (χ0n) is 11.5. The van der Waals surface area contributed by atoms with E-state index in [-0.39, 0.29) is 5.82 Å². The number of hydrogen-bond acceptors (Lipinski definition) is 2. The number of nitrogens with one attached hydrogen (secondary N) is 1. The second kappa shape index (κ2) is 6.75. The molecule has 0 saturated heterocycles. The Hall–Kier alpha value is -1.55. The van der Waals surface area contributed by atoms with Crippen LogP contribution in [0.5, 0.6) is 5.75 Å². The predicted octanol–water partition coefficient (Wildman–Crippen LogP) is 4.91. The van der Waals surface area contributed by atoms with Crippen LogP contribution in [-0.4, -0.2) is 6.61 Å². The number of aryl methyl sites for hydroxylation is 1. The Bertz CT molecular complexity index is 601. The van der Waals surface area contributed by atoms with Crippen LogP contribution in [0, 0.1) is 12.7 Å². The summed E-state index contributed by atoms with van der Waals surface area (Å²) in [4.78, 5) is 0. The SMILES string of the molecule is CCOc1cc(F)ccc1NCc1ccc(C)cc1Br. The van der Waals surface area contributed by atoms with E-state index in [0.717, 1.165) is 15.7 Å². The van der Waals surface area contributed by atoms with Crippen molar-refractivity contribution in [2.75, 3.05) is 11.9 Å². The predicted molar refractivity (Wildman–Crippen MR) is 83.8 cm³/mol. The Balaban J connectivity index is 2.14. The van der Waals surface area contributed by atoms with Gasteiger partial charge < -0.3 is 10.1 Å². The van der Waals surface area contributed by atoms with E-state index >= 15 is 0 Å². The van der Waals surface area contributed by atoms with Crippen LogP contribution < -0.4 is 10.1 Å². The normalized spacial score (nSPS) is 10.4. The van der Waals surface area contributed by atoms with Crippen LogP contribution >= 0.6 is 15.9 Å². The molecule has 0 aliphatic heterocycles. The lowest BCUT2D eigenvalue weighted by atomic mass is 10.1. The molecule has 0 radical (unpaired) electrons. The first-order valence-electron chi connectivity index (χ1n) is 6.51. The van der Waals surface area contributed by atoms with E-state index < -0.39 is 0 Å². The minimum Gasteiger partial charge on any atom is -0.492 e. The van der Waals surface area contributed by atoms with Crippen molar-refractivity contribution in [1.29, 1.82) is 0 Å². The van der Waals surface area contributed by atoms with Crippen LogP contribution in [0.3, 0.4) is 0 Å². The first kappa shape index (κ1) is 14.9. The van der Waals surface area contributed by atoms with Crippen molar-refractivity contribution in [3.05, 3.63) is 57.8 Å². The highest BCUT2D eigenvalue weighted by atomic mass is 79.9. The molecule has 0 saturated carbocycles. The summed E-state index contributed by atoms with van der Waals surface area (Å²) >= 11 is 3.55. The third kappa shape index (κ3) is 3.73. The molecular formula is C16H17BrFNO. The monoisotopic (exact) mass is 337 g/mol. The highest BCUT2D eigenvalue weighted by Gasteiger charge is 2.06. The number of ether oxygens (including phenoxy) is 1. The summed E-state index contributed by atoms with van der Waals surface area (Å²) < 4.78 is 19.7. The lowest BCUT2D eigenvalue weighted by molar-refractivity contribution is 0.340. The highest BCUT2D eigenvalue weighted by Crippen LogP contribution is 2.27. The number of anilines is 1. The summed E-state index contributed by atoms with van der Waals surface area (Å²) in [7, 11) is 0. The summed E-state index contributed by atoms with van der Waals surface area (Å²) in [5.74, 6) is 0.242. The van der Waals surface area contributed by atoms with Crippen LogP contribution in [0.2, 0.25) is 0 Å². The maximum atomic E-state index is 13.2. The second-order valence-corrected chi connectivity index (χ2v) is 5.38. The van der Waals surface area contributed by atoms with Gasteiger partial charge >= 0.3 is 0 Å². The molecule has 0 spiro atoms. The molecule has 0 unspecified atom stereocenters. The molecule has 2 rings (SSSR count). The Morgan fingerprint density at radius 2 is 2.00 bits per heavy atom. The van der Waals surface area contributed by atoms with Gasteiger partial charge in [0.15, 0.2) is 0 Å². The average molecular weight is 338 g/mol. The van der Waals surface area contributed by atoms with Crippen molar-refractivity contribution < 1.29 is 9.13 Å². The van der Waals surface area contributed by atoms with E-state index in [1.165, 1.54) is 17.7 Å². The zero-order valence-corrected chi connectivity index (χ0v) is 13.1. The third-order valence-electron chi connectivity index (χ3n) is 2.92. The first-order chi connectivity index (χ1) is 9.60. The van der Waals surface area contributed by atoms with Gasteiger partial charge in [-0.25, -0.2) is 4.39 Å². The minimum absolute atomic E-state index is 0.296. The Morgan fingerprint density at radius 1 is 1.20 bits per heavy atom. The van der Waals surface area contributed by atoms with Crippen molar-refractivity contribution in [1.82, 2.24) is 0 Å². The topological polar surface area (TPSA) is 21.3 Å². The van der Waals surface area contributed by atoms with Gasteiger partial charge in [0.1, 0.15) is 11.6 Å². The first-order valence-corrected chi connectivity index (χ1v) is 7.30. The van der Waals surface area contributed by atoms with Gasteiger partial charge in [-0.1, -0.05) is 28.1 Å². The zero-order chi connectivity index (χ0) is 14.5. The van der Waals surface area contributed by atoms with Gasteiger partial charge in [-0.05, 0) is 43.2 Å². The fourth-order valence-electron chi connectivity index (χ4n) is 1.90. The summed E-state index contributed by atoms with van der Waals surface area (Å²) in [6.45, 7) is 5.08. The Kier molecular flexibility index (Phi) is 5.01. The van der Waals surface area contributed by atoms with E-state index in [2.05, 4.69) is 46.4 Å². The van der Waals surface area contributed by atoms with Crippen molar-refractivity contribution >= 4 is 21.6 Å². The van der Waals surface area contributed by atoms with Gasteiger partial charge in [0, 0.05) is 17.1 Å². The fourth-order valence-corrected chi connectivity index (χ4v) is 2.54. The summed E-state index contributed by atoms with van der Waals surface area (Å²) in [5.41, 5.74) is 3.14. The number of hydrogen-bond donors (Lipinski definition) is 1. The van der Waals surface area contributed by atoms with Gasteiger partial charge in [-0.3, -0.25) is 0 Å². The van der Waals surface area contributed by atoms with E-state index in [9.17, 15) is 4.39 Å². The molecule has 2 nitrogen and oxygen atoms in total. The average Bonchev–Trinajstić information content (AvgIpc) is 2.40. The van der Waals surface area contributed by atoms with Crippen LogP contribution in [0.4, 0.5) is 10.1 Å². The maximum Gasteiger partial charge on any atom is 0.145 e. The molecule has 0 atom stereocenters. The van der Waals surface area contributed by atoms with Crippen molar-refractivity contribution in [2.24, 2.45) is 0 Å². The molecule has 0 aliphatic carbocycles. The quantitative estimate of drug-likeness (QED) is 0.837. The molecule has 20 heavy (non-hydrogen) atoms. The van der Waals surface area contributed by atoms with Gasteiger partial charge in [0.05, 0.1) is 12.3 Å². The molecule has 0 aromatic heterocycles. The maximum absolute atomic E-state index is 13.2. The van der Waals surface area contributed by atoms with E-state index in [0.29, 0.717) is 18.9 Å². The third-order valence-corrected chi connectivity index (χ3v) is 3.66. The van der Waals surface area contributed by atoms with E-state index in [4.69, 9.17) is 4.74 Å². The van der Waals surface area contributed by atoms with Gasteiger partial charge in [0.2, 0.25) is 0 Å². The second-order valence-electron chi connectivity index (χ2n) is 4.52. The Morgan fingerprint density at radius 3 is 2.70 bits per heavy atom. The molecule has 1 N–H and O–H groups in total. The number of benzene rings is 2. The molecule has 0 amide bonds. The van der Waals surface area contributed by atoms with Gasteiger partial charge in [-0.15, -0.1) is 0 Å². The number of rotatable bonds is 5. The molecule has 0 aliphatic rings. The standard InChI is InChI=1S/C16H17BrFNO/c1-3-20-16-9-13(18)6-7-15(16)19-10-12-5-4-11(2)8-14(12)17/h4-9,19H,3,10H2,1-2H3. The molecular weight excluding hydrogens is 321 g/mol. The Labute approximate surface area is 127 Å². The van der Waals surface area contributed by atoms with E-state index in [1.807, 2.05) is 6.92 Å². The lowest BCUT2D eigenvalue weighted by Gasteiger charge is -2.13. The van der Waals surface area contributed by atoms with Crippen LogP contribution in [0.25, 0.3) is 0 Å². The minimum atomic E-state index is -0.296. The van der Waals surface area contributed by atoms with Crippen LogP contribution in [-0.2, 0) is 6.54 Å². The van der Waals surface area contributed by atoms with Crippen molar-refractivity contribution in [3.8, 4) is 5.75 Å². The molecule has 0 fully saturated rings. The molecule has 0 bridgehead atoms. The van der Waals surface area contributed by atoms with Gasteiger partial charge in [0.25, 0.3) is 0 Å². The fraction of sp³-hybridized carbons (Fsp3) is 0.250. The lowest BCUT2D eigenvalue weighted by Crippen LogP contribution is -2.03. The van der Waals surface area contributed by atoms with Crippen molar-refractivity contribution in [2.45, 2.75) is 20.4 Å². The van der Waals surface area contributed by atoms with Crippen molar-refractivity contribution in [3.63, 3.8) is 0 Å². The molecule has 106 valence electrons.